The number of ether oxygens (including phenoxy) is 1. The first-order valence-corrected chi connectivity index (χ1v) is 5.45. The Morgan fingerprint density at radius 3 is 2.94 bits per heavy atom. The van der Waals surface area contributed by atoms with Crippen molar-refractivity contribution in [3.63, 3.8) is 0 Å². The lowest BCUT2D eigenvalue weighted by Gasteiger charge is -2.09. The molecule has 16 heavy (non-hydrogen) atoms. The van der Waals surface area contributed by atoms with Crippen molar-refractivity contribution in [1.82, 2.24) is 4.98 Å². The van der Waals surface area contributed by atoms with Crippen LogP contribution in [0.2, 0.25) is 0 Å². The fourth-order valence-corrected chi connectivity index (χ4v) is 1.86. The summed E-state index contributed by atoms with van der Waals surface area (Å²) in [5.41, 5.74) is 5.25. The molecule has 0 saturated carbocycles. The molecule has 0 saturated heterocycles. The van der Waals surface area contributed by atoms with Gasteiger partial charge in [-0.3, -0.25) is 10.4 Å². The highest BCUT2D eigenvalue weighted by molar-refractivity contribution is 9.10. The summed E-state index contributed by atoms with van der Waals surface area (Å²) in [7, 11) is 0. The Bertz CT molecular complexity index is 542. The van der Waals surface area contributed by atoms with Crippen molar-refractivity contribution < 1.29 is 4.74 Å². The first-order valence-electron chi connectivity index (χ1n) is 4.66. The van der Waals surface area contributed by atoms with Crippen molar-refractivity contribution in [3.05, 3.63) is 35.1 Å². The van der Waals surface area contributed by atoms with E-state index >= 15 is 0 Å². The maximum absolute atomic E-state index is 7.13. The largest absolute Gasteiger partial charge is 0.485 e. The Morgan fingerprint density at radius 1 is 1.38 bits per heavy atom. The molecule has 2 aromatic rings. The minimum absolute atomic E-state index is 0.00475. The molecule has 5 heteroatoms. The van der Waals surface area contributed by atoms with E-state index in [9.17, 15) is 0 Å². The number of pyridine rings is 1. The third kappa shape index (κ3) is 2.14. The molecule has 3 N–H and O–H groups in total. The number of benzene rings is 1. The molecule has 0 aliphatic carbocycles. The molecule has 0 radical (unpaired) electrons. The minimum atomic E-state index is 0.00475. The van der Waals surface area contributed by atoms with Gasteiger partial charge in [-0.25, -0.2) is 0 Å². The van der Waals surface area contributed by atoms with Gasteiger partial charge in [0, 0.05) is 27.6 Å². The van der Waals surface area contributed by atoms with E-state index in [4.69, 9.17) is 15.9 Å². The quantitative estimate of drug-likeness (QED) is 0.669. The van der Waals surface area contributed by atoms with Gasteiger partial charge in [0.2, 0.25) is 0 Å². The molecule has 0 fully saturated rings. The second-order valence-electron chi connectivity index (χ2n) is 3.28. The minimum Gasteiger partial charge on any atom is -0.485 e. The highest BCUT2D eigenvalue weighted by Gasteiger charge is 2.05. The molecule has 1 aromatic carbocycles. The van der Waals surface area contributed by atoms with Gasteiger partial charge in [0.05, 0.1) is 0 Å². The number of halogens is 1. The number of nitrogens with one attached hydrogen (secondary N) is 1. The van der Waals surface area contributed by atoms with Crippen molar-refractivity contribution in [3.8, 4) is 5.75 Å². The van der Waals surface area contributed by atoms with Crippen LogP contribution in [0.4, 0.5) is 0 Å². The van der Waals surface area contributed by atoms with Gasteiger partial charge in [-0.05, 0) is 18.2 Å². The lowest BCUT2D eigenvalue weighted by molar-refractivity contribution is 0.379. The Kier molecular flexibility index (Phi) is 3.05. The molecule has 0 atom stereocenters. The average molecular weight is 280 g/mol. The van der Waals surface area contributed by atoms with E-state index in [1.165, 1.54) is 0 Å². The summed E-state index contributed by atoms with van der Waals surface area (Å²) in [5.74, 6) is 0.709. The zero-order valence-electron chi connectivity index (χ0n) is 8.40. The summed E-state index contributed by atoms with van der Waals surface area (Å²) in [4.78, 5) is 4.06. The molecule has 4 nitrogen and oxygen atoms in total. The van der Waals surface area contributed by atoms with Gasteiger partial charge in [-0.15, -0.1) is 0 Å². The molecule has 0 spiro atoms. The molecule has 1 heterocycles. The number of fused-ring (bicyclic) bond motifs is 1. The van der Waals surface area contributed by atoms with Gasteiger partial charge in [0.15, 0.2) is 0 Å². The molecule has 0 amide bonds. The summed E-state index contributed by atoms with van der Waals surface area (Å²) in [6.07, 6.45) is 3.47. The maximum atomic E-state index is 7.13. The van der Waals surface area contributed by atoms with Crippen LogP contribution in [0.25, 0.3) is 10.8 Å². The standard InChI is InChI=1S/C11H10BrN3O/c12-9-1-2-10(16-6-11(13)14)7-3-4-15-5-8(7)9/h1-5H,6H2,(H3,13,14). The first kappa shape index (κ1) is 10.9. The molecular weight excluding hydrogens is 270 g/mol. The maximum Gasteiger partial charge on any atom is 0.145 e. The van der Waals surface area contributed by atoms with Gasteiger partial charge < -0.3 is 10.5 Å². The topological polar surface area (TPSA) is 72.0 Å². The van der Waals surface area contributed by atoms with E-state index in [1.54, 1.807) is 12.4 Å². The lowest BCUT2D eigenvalue weighted by atomic mass is 10.1. The second-order valence-corrected chi connectivity index (χ2v) is 4.14. The van der Waals surface area contributed by atoms with Crippen molar-refractivity contribution in [2.75, 3.05) is 6.61 Å². The van der Waals surface area contributed by atoms with Crippen LogP contribution in [0.1, 0.15) is 0 Å². The molecule has 0 aliphatic rings. The van der Waals surface area contributed by atoms with Gasteiger partial charge in [-0.1, -0.05) is 15.9 Å². The van der Waals surface area contributed by atoms with Crippen LogP contribution in [0.3, 0.4) is 0 Å². The van der Waals surface area contributed by atoms with Crippen LogP contribution in [-0.2, 0) is 0 Å². The summed E-state index contributed by atoms with van der Waals surface area (Å²) in [6.45, 7) is 0.0963. The Hall–Kier alpha value is -1.62. The molecule has 2 rings (SSSR count). The number of amidine groups is 1. The number of hydrogen-bond acceptors (Lipinski definition) is 3. The highest BCUT2D eigenvalue weighted by Crippen LogP contribution is 2.30. The van der Waals surface area contributed by atoms with Crippen LogP contribution in [0.5, 0.6) is 5.75 Å². The lowest BCUT2D eigenvalue weighted by Crippen LogP contribution is -2.19. The number of nitrogens with two attached hydrogens (primary N) is 1. The fourth-order valence-electron chi connectivity index (χ4n) is 1.41. The third-order valence-corrected chi connectivity index (χ3v) is 2.80. The van der Waals surface area contributed by atoms with Gasteiger partial charge >= 0.3 is 0 Å². The van der Waals surface area contributed by atoms with Gasteiger partial charge in [-0.2, -0.15) is 0 Å². The molecule has 0 unspecified atom stereocenters. The molecule has 1 aromatic heterocycles. The fraction of sp³-hybridized carbons (Fsp3) is 0.0909. The van der Waals surface area contributed by atoms with Gasteiger partial charge in [0.25, 0.3) is 0 Å². The normalized spacial score (nSPS) is 10.3. The summed E-state index contributed by atoms with van der Waals surface area (Å²) >= 11 is 3.45. The first-order chi connectivity index (χ1) is 7.68. The van der Waals surface area contributed by atoms with E-state index in [-0.39, 0.29) is 12.4 Å². The monoisotopic (exact) mass is 279 g/mol. The smallest absolute Gasteiger partial charge is 0.145 e. The summed E-state index contributed by atoms with van der Waals surface area (Å²) in [5, 5.41) is 9.05. The van der Waals surface area contributed by atoms with E-state index in [2.05, 4.69) is 20.9 Å². The zero-order chi connectivity index (χ0) is 11.5. The van der Waals surface area contributed by atoms with E-state index < -0.39 is 0 Å². The summed E-state index contributed by atoms with van der Waals surface area (Å²) < 4.78 is 6.40. The predicted molar refractivity (Wildman–Crippen MR) is 66.9 cm³/mol. The third-order valence-electron chi connectivity index (χ3n) is 2.11. The van der Waals surface area contributed by atoms with Crippen molar-refractivity contribution in [2.24, 2.45) is 5.73 Å². The second kappa shape index (κ2) is 4.49. The number of nitrogens with zero attached hydrogens (tertiary/aromatic N) is 1. The van der Waals surface area contributed by atoms with Crippen LogP contribution in [0, 0.1) is 5.41 Å². The average Bonchev–Trinajstić information content (AvgIpc) is 2.28. The van der Waals surface area contributed by atoms with E-state index in [0.717, 1.165) is 15.2 Å². The van der Waals surface area contributed by atoms with Crippen LogP contribution < -0.4 is 10.5 Å². The Morgan fingerprint density at radius 2 is 2.19 bits per heavy atom. The number of hydrogen-bond donors (Lipinski definition) is 2. The van der Waals surface area contributed by atoms with E-state index in [1.807, 2.05) is 18.2 Å². The Balaban J connectivity index is 2.46. The number of aromatic nitrogens is 1. The van der Waals surface area contributed by atoms with E-state index in [0.29, 0.717) is 5.75 Å². The van der Waals surface area contributed by atoms with Gasteiger partial charge in [0.1, 0.15) is 18.2 Å². The predicted octanol–water partition coefficient (Wildman–Crippen LogP) is 2.31. The summed E-state index contributed by atoms with van der Waals surface area (Å²) in [6, 6.07) is 5.60. The van der Waals surface area contributed by atoms with Crippen molar-refractivity contribution in [2.45, 2.75) is 0 Å². The van der Waals surface area contributed by atoms with Crippen LogP contribution in [-0.4, -0.2) is 17.4 Å². The Labute approximate surface area is 101 Å². The SMILES string of the molecule is N=C(N)COc1ccc(Br)c2cnccc12. The molecular formula is C11H10BrN3O. The van der Waals surface area contributed by atoms with Crippen molar-refractivity contribution >= 4 is 32.5 Å². The molecule has 0 bridgehead atoms. The van der Waals surface area contributed by atoms with Crippen LogP contribution in [0.15, 0.2) is 35.1 Å². The van der Waals surface area contributed by atoms with Crippen LogP contribution >= 0.6 is 15.9 Å². The van der Waals surface area contributed by atoms with Crippen molar-refractivity contribution in [1.29, 1.82) is 5.41 Å². The highest BCUT2D eigenvalue weighted by atomic mass is 79.9. The molecule has 82 valence electrons. The molecule has 0 aliphatic heterocycles. The zero-order valence-corrected chi connectivity index (χ0v) is 9.99. The number of rotatable bonds is 3.